The van der Waals surface area contributed by atoms with Crippen LogP contribution in [0.1, 0.15) is 12.7 Å². The second-order valence-corrected chi connectivity index (χ2v) is 4.87. The van der Waals surface area contributed by atoms with E-state index in [9.17, 15) is 0 Å². The maximum atomic E-state index is 5.51. The van der Waals surface area contributed by atoms with Gasteiger partial charge in [-0.25, -0.2) is 0 Å². The molecule has 0 saturated carbocycles. The Kier molecular flexibility index (Phi) is 4.91. The van der Waals surface area contributed by atoms with Crippen LogP contribution >= 0.6 is 27.7 Å². The minimum Gasteiger partial charge on any atom is -0.453 e. The summed E-state index contributed by atoms with van der Waals surface area (Å²) in [5.41, 5.74) is 5.51. The third-order valence-electron chi connectivity index (χ3n) is 1.68. The van der Waals surface area contributed by atoms with Crippen LogP contribution in [0.3, 0.4) is 0 Å². The van der Waals surface area contributed by atoms with Gasteiger partial charge >= 0.3 is 0 Å². The fraction of sp³-hybridized carbons (Fsp3) is 0.556. The Morgan fingerprint density at radius 3 is 2.92 bits per heavy atom. The zero-order chi connectivity index (χ0) is 9.68. The highest BCUT2D eigenvalue weighted by Crippen LogP contribution is 2.20. The van der Waals surface area contributed by atoms with E-state index in [0.717, 1.165) is 28.5 Å². The van der Waals surface area contributed by atoms with Gasteiger partial charge in [-0.2, -0.15) is 11.8 Å². The molecule has 2 nitrogen and oxygen atoms in total. The molecule has 1 aromatic rings. The lowest BCUT2D eigenvalue weighted by Gasteiger charge is -2.05. The maximum absolute atomic E-state index is 5.51. The highest BCUT2D eigenvalue weighted by atomic mass is 79.9. The van der Waals surface area contributed by atoms with Crippen LogP contribution in [0.4, 0.5) is 0 Å². The average molecular weight is 264 g/mol. The number of halogens is 1. The largest absolute Gasteiger partial charge is 0.453 e. The molecular formula is C9H14BrNOS. The standard InChI is InChI=1S/C9H14BrNOS/c1-7(4-11)5-13-6-8-2-3-9(10)12-8/h2-3,7H,4-6,11H2,1H3. The zero-order valence-corrected chi connectivity index (χ0v) is 10.0. The number of furan rings is 1. The minimum absolute atomic E-state index is 0.586. The molecule has 1 heterocycles. The van der Waals surface area contributed by atoms with Crippen LogP contribution in [0.5, 0.6) is 0 Å². The third-order valence-corrected chi connectivity index (χ3v) is 3.40. The van der Waals surface area contributed by atoms with E-state index in [-0.39, 0.29) is 0 Å². The molecule has 0 aliphatic rings. The second-order valence-electron chi connectivity index (χ2n) is 3.06. The lowest BCUT2D eigenvalue weighted by Crippen LogP contribution is -2.12. The summed E-state index contributed by atoms with van der Waals surface area (Å²) in [5, 5.41) is 0. The van der Waals surface area contributed by atoms with Gasteiger partial charge in [0.1, 0.15) is 5.76 Å². The minimum atomic E-state index is 0.586. The fourth-order valence-corrected chi connectivity index (χ4v) is 2.21. The molecule has 0 aliphatic carbocycles. The molecule has 0 saturated heterocycles. The summed E-state index contributed by atoms with van der Waals surface area (Å²) in [7, 11) is 0. The Morgan fingerprint density at radius 1 is 1.62 bits per heavy atom. The average Bonchev–Trinajstić information content (AvgIpc) is 2.51. The van der Waals surface area contributed by atoms with E-state index < -0.39 is 0 Å². The Bertz CT molecular complexity index is 252. The normalized spacial score (nSPS) is 13.2. The molecule has 0 amide bonds. The molecule has 0 bridgehead atoms. The summed E-state index contributed by atoms with van der Waals surface area (Å²) in [6.07, 6.45) is 0. The first kappa shape index (κ1) is 11.1. The quantitative estimate of drug-likeness (QED) is 0.888. The van der Waals surface area contributed by atoms with E-state index in [1.165, 1.54) is 0 Å². The lowest BCUT2D eigenvalue weighted by molar-refractivity contribution is 0.506. The summed E-state index contributed by atoms with van der Waals surface area (Å²) in [5.74, 6) is 3.62. The predicted molar refractivity (Wildman–Crippen MR) is 60.8 cm³/mol. The van der Waals surface area contributed by atoms with Crippen molar-refractivity contribution in [2.24, 2.45) is 11.7 Å². The van der Waals surface area contributed by atoms with E-state index in [0.29, 0.717) is 5.92 Å². The van der Waals surface area contributed by atoms with Crippen molar-refractivity contribution >= 4 is 27.7 Å². The van der Waals surface area contributed by atoms with Crippen LogP contribution in [-0.2, 0) is 5.75 Å². The van der Waals surface area contributed by atoms with Gasteiger partial charge in [-0.1, -0.05) is 6.92 Å². The van der Waals surface area contributed by atoms with Crippen molar-refractivity contribution in [3.63, 3.8) is 0 Å². The van der Waals surface area contributed by atoms with Crippen molar-refractivity contribution in [2.75, 3.05) is 12.3 Å². The molecule has 0 spiro atoms. The molecule has 0 fully saturated rings. The van der Waals surface area contributed by atoms with Crippen molar-refractivity contribution in [3.8, 4) is 0 Å². The van der Waals surface area contributed by atoms with E-state index in [2.05, 4.69) is 22.9 Å². The van der Waals surface area contributed by atoms with Crippen LogP contribution in [0, 0.1) is 5.92 Å². The molecular weight excluding hydrogens is 250 g/mol. The topological polar surface area (TPSA) is 39.2 Å². The molecule has 1 aromatic heterocycles. The molecule has 2 N–H and O–H groups in total. The first-order chi connectivity index (χ1) is 6.22. The Labute approximate surface area is 91.4 Å². The van der Waals surface area contributed by atoms with Crippen molar-refractivity contribution in [1.29, 1.82) is 0 Å². The van der Waals surface area contributed by atoms with Crippen molar-refractivity contribution in [3.05, 3.63) is 22.6 Å². The van der Waals surface area contributed by atoms with Crippen LogP contribution in [0.2, 0.25) is 0 Å². The summed E-state index contributed by atoms with van der Waals surface area (Å²) >= 11 is 5.13. The maximum Gasteiger partial charge on any atom is 0.169 e. The van der Waals surface area contributed by atoms with Crippen LogP contribution < -0.4 is 5.73 Å². The lowest BCUT2D eigenvalue weighted by atomic mass is 10.2. The van der Waals surface area contributed by atoms with Gasteiger partial charge in [-0.05, 0) is 46.3 Å². The highest BCUT2D eigenvalue weighted by molar-refractivity contribution is 9.10. The van der Waals surface area contributed by atoms with Gasteiger partial charge in [-0.3, -0.25) is 0 Å². The number of rotatable bonds is 5. The molecule has 0 aliphatic heterocycles. The first-order valence-electron chi connectivity index (χ1n) is 4.24. The SMILES string of the molecule is CC(CN)CSCc1ccc(Br)o1. The summed E-state index contributed by atoms with van der Waals surface area (Å²) in [6, 6.07) is 3.91. The van der Waals surface area contributed by atoms with E-state index in [4.69, 9.17) is 10.2 Å². The van der Waals surface area contributed by atoms with Crippen molar-refractivity contribution in [2.45, 2.75) is 12.7 Å². The van der Waals surface area contributed by atoms with Gasteiger partial charge in [-0.15, -0.1) is 0 Å². The summed E-state index contributed by atoms with van der Waals surface area (Å²) in [6.45, 7) is 2.92. The van der Waals surface area contributed by atoms with Gasteiger partial charge in [0.25, 0.3) is 0 Å². The first-order valence-corrected chi connectivity index (χ1v) is 6.19. The number of thioether (sulfide) groups is 1. The molecule has 0 radical (unpaired) electrons. The zero-order valence-electron chi connectivity index (χ0n) is 7.63. The summed E-state index contributed by atoms with van der Waals surface area (Å²) in [4.78, 5) is 0. The van der Waals surface area contributed by atoms with Gasteiger partial charge in [0.05, 0.1) is 5.75 Å². The van der Waals surface area contributed by atoms with Gasteiger partial charge in [0, 0.05) is 0 Å². The second kappa shape index (κ2) is 5.73. The number of hydrogen-bond acceptors (Lipinski definition) is 3. The predicted octanol–water partition coefficient (Wildman–Crippen LogP) is 2.87. The van der Waals surface area contributed by atoms with Gasteiger partial charge < -0.3 is 10.2 Å². The van der Waals surface area contributed by atoms with Crippen LogP contribution in [0.25, 0.3) is 0 Å². The third kappa shape index (κ3) is 4.20. The Morgan fingerprint density at radius 2 is 2.38 bits per heavy atom. The summed E-state index contributed by atoms with van der Waals surface area (Å²) < 4.78 is 6.16. The van der Waals surface area contributed by atoms with E-state index in [1.54, 1.807) is 0 Å². The van der Waals surface area contributed by atoms with Crippen LogP contribution in [0.15, 0.2) is 21.2 Å². The van der Waals surface area contributed by atoms with Gasteiger partial charge in [0.2, 0.25) is 0 Å². The molecule has 13 heavy (non-hydrogen) atoms. The Hall–Kier alpha value is 0.0700. The number of hydrogen-bond donors (Lipinski definition) is 1. The highest BCUT2D eigenvalue weighted by Gasteiger charge is 2.02. The number of nitrogens with two attached hydrogens (primary N) is 1. The molecule has 1 unspecified atom stereocenters. The smallest absolute Gasteiger partial charge is 0.169 e. The van der Waals surface area contributed by atoms with E-state index >= 15 is 0 Å². The molecule has 4 heteroatoms. The van der Waals surface area contributed by atoms with Crippen molar-refractivity contribution in [1.82, 2.24) is 0 Å². The van der Waals surface area contributed by atoms with Crippen molar-refractivity contribution < 1.29 is 4.42 Å². The fourth-order valence-electron chi connectivity index (χ4n) is 0.858. The molecule has 1 atom stereocenters. The van der Waals surface area contributed by atoms with Crippen LogP contribution in [-0.4, -0.2) is 12.3 Å². The van der Waals surface area contributed by atoms with E-state index in [1.807, 2.05) is 23.9 Å². The monoisotopic (exact) mass is 263 g/mol. The van der Waals surface area contributed by atoms with Gasteiger partial charge in [0.15, 0.2) is 4.67 Å². The molecule has 74 valence electrons. The Balaban J connectivity index is 2.20. The molecule has 0 aromatic carbocycles. The molecule has 1 rings (SSSR count).